The van der Waals surface area contributed by atoms with Gasteiger partial charge < -0.3 is 4.74 Å². The smallest absolute Gasteiger partial charge is 0.338 e. The topological polar surface area (TPSA) is 60.7 Å². The summed E-state index contributed by atoms with van der Waals surface area (Å²) in [6, 6.07) is 14.6. The van der Waals surface area contributed by atoms with E-state index in [2.05, 4.69) is 4.99 Å². The Morgan fingerprint density at radius 1 is 1.20 bits per heavy atom. The first-order valence-electron chi connectivity index (χ1n) is 9.49. The zero-order valence-electron chi connectivity index (χ0n) is 16.5. The summed E-state index contributed by atoms with van der Waals surface area (Å²) in [4.78, 5) is 31.1. The van der Waals surface area contributed by atoms with Gasteiger partial charge in [-0.3, -0.25) is 9.36 Å². The van der Waals surface area contributed by atoms with Crippen molar-refractivity contribution >= 4 is 23.4 Å². The molecule has 30 heavy (non-hydrogen) atoms. The molecule has 0 aliphatic carbocycles. The van der Waals surface area contributed by atoms with Crippen molar-refractivity contribution in [3.8, 4) is 0 Å². The third kappa shape index (κ3) is 3.64. The number of benzene rings is 2. The van der Waals surface area contributed by atoms with Gasteiger partial charge in [-0.1, -0.05) is 53.8 Å². The van der Waals surface area contributed by atoms with E-state index in [9.17, 15) is 14.0 Å². The minimum Gasteiger partial charge on any atom is -0.463 e. The lowest BCUT2D eigenvalue weighted by molar-refractivity contribution is -0.139. The van der Waals surface area contributed by atoms with Crippen LogP contribution >= 0.6 is 11.3 Å². The van der Waals surface area contributed by atoms with Gasteiger partial charge in [-0.15, -0.1) is 0 Å². The van der Waals surface area contributed by atoms with Crippen molar-refractivity contribution in [3.05, 3.63) is 102 Å². The highest BCUT2D eigenvalue weighted by molar-refractivity contribution is 7.07. The van der Waals surface area contributed by atoms with Gasteiger partial charge in [-0.05, 0) is 43.2 Å². The number of allylic oxidation sites excluding steroid dienone is 1. The molecule has 5 nitrogen and oxygen atoms in total. The number of carbonyl (C=O) groups is 1. The number of halogens is 1. The van der Waals surface area contributed by atoms with Gasteiger partial charge in [0.1, 0.15) is 5.82 Å². The second-order valence-electron chi connectivity index (χ2n) is 6.76. The lowest BCUT2D eigenvalue weighted by atomic mass is 9.96. The Bertz CT molecular complexity index is 1310. The van der Waals surface area contributed by atoms with Gasteiger partial charge in [-0.25, -0.2) is 14.2 Å². The normalized spacial score (nSPS) is 16.2. The van der Waals surface area contributed by atoms with Crippen molar-refractivity contribution in [1.29, 1.82) is 0 Å². The number of hydrogen-bond acceptors (Lipinski definition) is 5. The Kier molecular flexibility index (Phi) is 5.46. The molecule has 1 aliphatic heterocycles. The van der Waals surface area contributed by atoms with Crippen molar-refractivity contribution in [2.45, 2.75) is 19.9 Å². The number of hydrogen-bond donors (Lipinski definition) is 0. The van der Waals surface area contributed by atoms with Crippen LogP contribution in [0.2, 0.25) is 0 Å². The summed E-state index contributed by atoms with van der Waals surface area (Å²) in [5.41, 5.74) is 2.01. The number of ether oxygens (including phenoxy) is 1. The number of aromatic nitrogens is 1. The predicted octanol–water partition coefficient (Wildman–Crippen LogP) is 2.94. The summed E-state index contributed by atoms with van der Waals surface area (Å²) in [5.74, 6) is -0.931. The standard InChI is InChI=1S/C23H19FN2O3S/c1-3-29-22(28)19-14(2)25-23-26(20(19)16-9-11-17(24)12-10-16)21(27)18(30-23)13-15-7-5-4-6-8-15/h4-13,20H,3H2,1-2H3/b18-13-. The van der Waals surface area contributed by atoms with E-state index in [1.165, 1.54) is 28.0 Å². The summed E-state index contributed by atoms with van der Waals surface area (Å²) < 4.78 is 20.8. The van der Waals surface area contributed by atoms with Gasteiger partial charge in [0.2, 0.25) is 0 Å². The molecular formula is C23H19FN2O3S. The molecule has 152 valence electrons. The van der Waals surface area contributed by atoms with Crippen LogP contribution in [0, 0.1) is 5.82 Å². The third-order valence-electron chi connectivity index (χ3n) is 4.80. The molecule has 4 rings (SSSR count). The van der Waals surface area contributed by atoms with Crippen LogP contribution in [0.4, 0.5) is 4.39 Å². The van der Waals surface area contributed by atoms with Gasteiger partial charge in [0.25, 0.3) is 5.56 Å². The van der Waals surface area contributed by atoms with Crippen LogP contribution in [0.5, 0.6) is 0 Å². The van der Waals surface area contributed by atoms with Crippen LogP contribution in [0.3, 0.4) is 0 Å². The van der Waals surface area contributed by atoms with Gasteiger partial charge in [-0.2, -0.15) is 0 Å². The zero-order valence-corrected chi connectivity index (χ0v) is 17.3. The molecule has 0 spiro atoms. The van der Waals surface area contributed by atoms with Crippen molar-refractivity contribution in [3.63, 3.8) is 0 Å². The third-order valence-corrected chi connectivity index (χ3v) is 5.78. The molecule has 0 radical (unpaired) electrons. The van der Waals surface area contributed by atoms with E-state index in [4.69, 9.17) is 4.74 Å². The minimum atomic E-state index is -0.737. The van der Waals surface area contributed by atoms with E-state index < -0.39 is 17.8 Å². The number of carbonyl (C=O) groups excluding carboxylic acids is 1. The molecule has 0 saturated carbocycles. The summed E-state index contributed by atoms with van der Waals surface area (Å²) in [6.07, 6.45) is 1.80. The highest BCUT2D eigenvalue weighted by Gasteiger charge is 2.33. The van der Waals surface area contributed by atoms with Crippen molar-refractivity contribution in [1.82, 2.24) is 4.57 Å². The quantitative estimate of drug-likeness (QED) is 0.608. The molecule has 0 fully saturated rings. The summed E-state index contributed by atoms with van der Waals surface area (Å²) in [7, 11) is 0. The molecule has 0 N–H and O–H groups in total. The average molecular weight is 422 g/mol. The molecule has 0 bridgehead atoms. The Hall–Kier alpha value is -3.32. The second-order valence-corrected chi connectivity index (χ2v) is 7.77. The molecule has 0 saturated heterocycles. The lowest BCUT2D eigenvalue weighted by Gasteiger charge is -2.24. The van der Waals surface area contributed by atoms with Crippen LogP contribution in [-0.2, 0) is 9.53 Å². The van der Waals surface area contributed by atoms with E-state index in [0.29, 0.717) is 20.6 Å². The molecule has 7 heteroatoms. The first-order valence-corrected chi connectivity index (χ1v) is 10.3. The molecule has 1 atom stereocenters. The fourth-order valence-corrected chi connectivity index (χ4v) is 4.50. The maximum absolute atomic E-state index is 13.5. The largest absolute Gasteiger partial charge is 0.463 e. The predicted molar refractivity (Wildman–Crippen MR) is 113 cm³/mol. The maximum Gasteiger partial charge on any atom is 0.338 e. The van der Waals surface area contributed by atoms with E-state index in [1.807, 2.05) is 30.3 Å². The zero-order chi connectivity index (χ0) is 21.3. The Balaban J connectivity index is 1.96. The van der Waals surface area contributed by atoms with Crippen LogP contribution in [0.1, 0.15) is 31.0 Å². The van der Waals surface area contributed by atoms with E-state index in [-0.39, 0.29) is 17.7 Å². The van der Waals surface area contributed by atoms with Crippen molar-refractivity contribution in [2.24, 2.45) is 4.99 Å². The molecule has 0 amide bonds. The van der Waals surface area contributed by atoms with Crippen LogP contribution in [-0.4, -0.2) is 17.1 Å². The SMILES string of the molecule is CCOC(=O)C1=C(C)N=c2s/c(=C\c3ccccc3)c(=O)n2C1c1ccc(F)cc1. The molecule has 1 unspecified atom stereocenters. The Morgan fingerprint density at radius 3 is 2.57 bits per heavy atom. The highest BCUT2D eigenvalue weighted by Crippen LogP contribution is 2.30. The number of fused-ring (bicyclic) bond motifs is 1. The summed E-state index contributed by atoms with van der Waals surface area (Å²) in [6.45, 7) is 3.64. The van der Waals surface area contributed by atoms with Gasteiger partial charge >= 0.3 is 5.97 Å². The minimum absolute atomic E-state index is 0.199. The van der Waals surface area contributed by atoms with Gasteiger partial charge in [0.15, 0.2) is 4.80 Å². The molecule has 1 aliphatic rings. The van der Waals surface area contributed by atoms with E-state index in [1.54, 1.807) is 32.1 Å². The number of nitrogens with zero attached hydrogens (tertiary/aromatic N) is 2. The van der Waals surface area contributed by atoms with Gasteiger partial charge in [0, 0.05) is 0 Å². The number of esters is 1. The van der Waals surface area contributed by atoms with Gasteiger partial charge in [0.05, 0.1) is 28.5 Å². The lowest BCUT2D eigenvalue weighted by Crippen LogP contribution is -2.39. The molecule has 2 heterocycles. The average Bonchev–Trinajstić information content (AvgIpc) is 3.03. The monoisotopic (exact) mass is 422 g/mol. The first-order chi connectivity index (χ1) is 14.5. The fourth-order valence-electron chi connectivity index (χ4n) is 3.45. The maximum atomic E-state index is 13.5. The molecule has 2 aromatic carbocycles. The molecule has 1 aromatic heterocycles. The fraction of sp³-hybridized carbons (Fsp3) is 0.174. The number of rotatable bonds is 4. The highest BCUT2D eigenvalue weighted by atomic mass is 32.1. The van der Waals surface area contributed by atoms with E-state index >= 15 is 0 Å². The second kappa shape index (κ2) is 8.20. The van der Waals surface area contributed by atoms with Crippen molar-refractivity contribution < 1.29 is 13.9 Å². The van der Waals surface area contributed by atoms with E-state index in [0.717, 1.165) is 5.56 Å². The van der Waals surface area contributed by atoms with Crippen molar-refractivity contribution in [2.75, 3.05) is 6.61 Å². The Labute approximate surface area is 176 Å². The number of thiazole rings is 1. The summed E-state index contributed by atoms with van der Waals surface area (Å²) >= 11 is 1.26. The Morgan fingerprint density at radius 2 is 1.90 bits per heavy atom. The van der Waals surface area contributed by atoms with Crippen LogP contribution < -0.4 is 14.9 Å². The van der Waals surface area contributed by atoms with Crippen LogP contribution in [0.25, 0.3) is 6.08 Å². The van der Waals surface area contributed by atoms with Crippen LogP contribution in [0.15, 0.2) is 75.7 Å². The molecular weight excluding hydrogens is 403 g/mol. The summed E-state index contributed by atoms with van der Waals surface area (Å²) in [5, 5.41) is 0. The molecule has 3 aromatic rings. The first kappa shape index (κ1) is 20.0.